The number of hydrogen-bond donors (Lipinski definition) is 0. The monoisotopic (exact) mass is 312 g/mol. The van der Waals surface area contributed by atoms with Crippen molar-refractivity contribution in [2.24, 2.45) is 0 Å². The zero-order valence-corrected chi connectivity index (χ0v) is 13.1. The number of carbonyl (C=O) groups is 1. The molecule has 2 aromatic rings. The molecule has 1 unspecified atom stereocenters. The van der Waals surface area contributed by atoms with Gasteiger partial charge in [0.2, 0.25) is 0 Å². The molecule has 4 nitrogen and oxygen atoms in total. The minimum atomic E-state index is -3.12. The number of hydrogen-bond acceptors (Lipinski definition) is 2. The Labute approximate surface area is 134 Å². The minimum Gasteiger partial charge on any atom is -0.619 e. The fourth-order valence-corrected chi connectivity index (χ4v) is 2.89. The molecule has 1 aliphatic rings. The van der Waals surface area contributed by atoms with Gasteiger partial charge in [0, 0.05) is 5.56 Å². The summed E-state index contributed by atoms with van der Waals surface area (Å²) in [6, 6.07) is 16.8. The highest BCUT2D eigenvalue weighted by atomic mass is 19.1. The van der Waals surface area contributed by atoms with E-state index in [1.54, 1.807) is 67.8 Å². The summed E-state index contributed by atoms with van der Waals surface area (Å²) in [5.41, 5.74) is 1.05. The molecular weight excluding hydrogens is 294 g/mol. The van der Waals surface area contributed by atoms with Crippen molar-refractivity contribution < 1.29 is 18.3 Å². The van der Waals surface area contributed by atoms with Gasteiger partial charge < -0.3 is 13.5 Å². The minimum absolute atomic E-state index is 0.345. The fourth-order valence-electron chi connectivity index (χ4n) is 2.89. The first-order valence-electron chi connectivity index (χ1n) is 7.48. The van der Waals surface area contributed by atoms with E-state index in [4.69, 9.17) is 4.65 Å². The van der Waals surface area contributed by atoms with E-state index in [0.717, 1.165) is 0 Å². The van der Waals surface area contributed by atoms with Crippen LogP contribution in [-0.2, 0) is 9.45 Å². The van der Waals surface area contributed by atoms with Crippen LogP contribution in [0.2, 0.25) is 0 Å². The lowest BCUT2D eigenvalue weighted by Crippen LogP contribution is -2.54. The maximum atomic E-state index is 15.7. The average molecular weight is 312 g/mol. The van der Waals surface area contributed by atoms with Gasteiger partial charge in [0.05, 0.1) is 14.1 Å². The second-order valence-electron chi connectivity index (χ2n) is 5.84. The van der Waals surface area contributed by atoms with E-state index < -0.39 is 18.8 Å². The molecule has 0 spiro atoms. The van der Waals surface area contributed by atoms with Gasteiger partial charge in [-0.2, -0.15) is 0 Å². The Kier molecular flexibility index (Phi) is 3.90. The molecule has 0 N–H and O–H groups in total. The predicted octanol–water partition coefficient (Wildman–Crippen LogP) is 1.70. The number of benzene rings is 2. The molecule has 0 aliphatic carbocycles. The van der Waals surface area contributed by atoms with Gasteiger partial charge in [-0.15, -0.1) is 0 Å². The predicted molar refractivity (Wildman–Crippen MR) is 88.2 cm³/mol. The van der Waals surface area contributed by atoms with Crippen LogP contribution in [0.25, 0.3) is 0 Å². The van der Waals surface area contributed by atoms with Crippen molar-refractivity contribution in [3.8, 4) is 0 Å². The summed E-state index contributed by atoms with van der Waals surface area (Å²) < 4.78 is 22.4. The Morgan fingerprint density at radius 2 is 1.65 bits per heavy atom. The van der Waals surface area contributed by atoms with Crippen LogP contribution >= 0.6 is 0 Å². The van der Waals surface area contributed by atoms with Crippen molar-refractivity contribution in [1.29, 1.82) is 0 Å². The molecular formula is C17H18BFN2O2. The van der Waals surface area contributed by atoms with Gasteiger partial charge in [-0.3, -0.25) is 9.69 Å². The summed E-state index contributed by atoms with van der Waals surface area (Å²) in [5.74, 6) is -0.583. The van der Waals surface area contributed by atoms with Gasteiger partial charge in [-0.05, 0) is 0 Å². The zero-order valence-electron chi connectivity index (χ0n) is 13.1. The summed E-state index contributed by atoms with van der Waals surface area (Å²) >= 11 is 0. The molecule has 1 aliphatic heterocycles. The number of halogens is 1. The van der Waals surface area contributed by atoms with Crippen LogP contribution in [0.4, 0.5) is 4.32 Å². The summed E-state index contributed by atoms with van der Waals surface area (Å²) in [6.45, 7) is -3.12. The van der Waals surface area contributed by atoms with Crippen molar-refractivity contribution >= 4 is 24.5 Å². The van der Waals surface area contributed by atoms with Crippen molar-refractivity contribution in [2.45, 2.75) is 6.04 Å². The van der Waals surface area contributed by atoms with Gasteiger partial charge in [0.25, 0.3) is 0 Å². The van der Waals surface area contributed by atoms with E-state index in [1.165, 1.54) is 4.49 Å². The van der Waals surface area contributed by atoms with E-state index in [9.17, 15) is 4.79 Å². The molecule has 3 rings (SSSR count). The molecule has 6 heteroatoms. The first kappa shape index (κ1) is 15.3. The van der Waals surface area contributed by atoms with Crippen LogP contribution in [0.3, 0.4) is 0 Å². The second kappa shape index (κ2) is 5.87. The lowest BCUT2D eigenvalue weighted by Gasteiger charge is -2.27. The lowest BCUT2D eigenvalue weighted by molar-refractivity contribution is -0.438. The third-order valence-electron chi connectivity index (χ3n) is 3.87. The number of rotatable bonds is 3. The largest absolute Gasteiger partial charge is 0.619 e. The van der Waals surface area contributed by atoms with E-state index in [0.29, 0.717) is 11.0 Å². The van der Waals surface area contributed by atoms with Crippen molar-refractivity contribution in [2.75, 3.05) is 14.1 Å². The quantitative estimate of drug-likeness (QED) is 0.639. The van der Waals surface area contributed by atoms with Crippen LogP contribution < -0.4 is 5.46 Å². The van der Waals surface area contributed by atoms with Gasteiger partial charge in [0.1, 0.15) is 0 Å². The molecule has 0 aromatic heterocycles. The van der Waals surface area contributed by atoms with Gasteiger partial charge in [0.15, 0.2) is 12.4 Å². The van der Waals surface area contributed by atoms with Crippen molar-refractivity contribution in [1.82, 2.24) is 4.90 Å². The second-order valence-corrected chi connectivity index (χ2v) is 5.84. The van der Waals surface area contributed by atoms with E-state index in [2.05, 4.69) is 0 Å². The summed E-state index contributed by atoms with van der Waals surface area (Å²) in [5, 5.41) is 0. The molecule has 0 radical (unpaired) electrons. The smallest absolute Gasteiger partial charge is 0.568 e. The third-order valence-corrected chi connectivity index (χ3v) is 3.87. The topological polar surface area (TPSA) is 32.5 Å². The van der Waals surface area contributed by atoms with Crippen LogP contribution in [0.1, 0.15) is 11.6 Å². The normalized spacial score (nSPS) is 25.4. The highest BCUT2D eigenvalue weighted by Crippen LogP contribution is 2.32. The van der Waals surface area contributed by atoms with E-state index >= 15 is 4.32 Å². The van der Waals surface area contributed by atoms with Gasteiger partial charge in [-0.1, -0.05) is 66.1 Å². The lowest BCUT2D eigenvalue weighted by atomic mass is 9.67. The Hall–Kier alpha value is -2.63. The SMILES string of the molecule is CN(C)/C=[N+]1/[C@@H](c2ccccc2)C(=O)O[B-]1(F)c1ccccc1. The first-order valence-corrected chi connectivity index (χ1v) is 7.48. The number of nitrogens with zero attached hydrogens (tertiary/aromatic N) is 2. The van der Waals surface area contributed by atoms with E-state index in [-0.39, 0.29) is 0 Å². The molecule has 1 heterocycles. The summed E-state index contributed by atoms with van der Waals surface area (Å²) in [7, 11) is 3.57. The first-order chi connectivity index (χ1) is 11.0. The van der Waals surface area contributed by atoms with Gasteiger partial charge in [-0.25, -0.2) is 0 Å². The fraction of sp³-hybridized carbons (Fsp3) is 0.176. The maximum Gasteiger partial charge on any atom is 0.568 e. The molecule has 2 atom stereocenters. The average Bonchev–Trinajstić information content (AvgIpc) is 2.80. The Balaban J connectivity index is 2.14. The third kappa shape index (κ3) is 2.72. The van der Waals surface area contributed by atoms with E-state index in [1.807, 2.05) is 18.2 Å². The van der Waals surface area contributed by atoms with Crippen molar-refractivity contribution in [3.05, 3.63) is 66.2 Å². The highest BCUT2D eigenvalue weighted by molar-refractivity contribution is 6.76. The maximum absolute atomic E-state index is 15.7. The molecule has 1 saturated heterocycles. The van der Waals surface area contributed by atoms with Gasteiger partial charge >= 0.3 is 12.7 Å². The Morgan fingerprint density at radius 1 is 1.09 bits per heavy atom. The Bertz CT molecular complexity index is 737. The summed E-state index contributed by atoms with van der Waals surface area (Å²) in [4.78, 5) is 14.1. The van der Waals surface area contributed by atoms with Crippen molar-refractivity contribution in [3.63, 3.8) is 0 Å². The molecule has 0 amide bonds. The molecule has 118 valence electrons. The Morgan fingerprint density at radius 3 is 2.22 bits per heavy atom. The zero-order chi connectivity index (χ0) is 16.4. The molecule has 2 aromatic carbocycles. The standard InChI is InChI=1S/C17H18BFN2O2/c1-20(2)13-21-16(14-9-5-3-6-10-14)17(22)23-18(21,19)15-11-7-4-8-12-15/h3-13,16H,1-2H3/b21-13-/t16-,18?/m0/s1. The van der Waals surface area contributed by atoms with Crippen LogP contribution in [0, 0.1) is 0 Å². The molecule has 23 heavy (non-hydrogen) atoms. The van der Waals surface area contributed by atoms with Crippen LogP contribution in [0.15, 0.2) is 60.7 Å². The van der Waals surface area contributed by atoms with Crippen LogP contribution in [0.5, 0.6) is 0 Å². The molecule has 1 fully saturated rings. The summed E-state index contributed by atoms with van der Waals surface area (Å²) in [6.07, 6.45) is 1.58. The molecule has 0 saturated carbocycles. The molecule has 0 bridgehead atoms. The number of carbonyl (C=O) groups excluding carboxylic acids is 1. The highest BCUT2D eigenvalue weighted by Gasteiger charge is 2.53. The van der Waals surface area contributed by atoms with Crippen LogP contribution in [-0.4, -0.2) is 42.6 Å².